The first kappa shape index (κ1) is 35.6. The van der Waals surface area contributed by atoms with E-state index < -0.39 is 0 Å². The first-order chi connectivity index (χ1) is 29.8. The van der Waals surface area contributed by atoms with Gasteiger partial charge in [0.25, 0.3) is 0 Å². The van der Waals surface area contributed by atoms with Crippen LogP contribution in [0, 0.1) is 0 Å². The van der Waals surface area contributed by atoms with Gasteiger partial charge in [0.05, 0.1) is 5.69 Å². The van der Waals surface area contributed by atoms with Crippen molar-refractivity contribution in [3.05, 3.63) is 216 Å². The standard InChI is InChI=1S/C58H44N2O/c1-57(2)49-24-13-11-20-42(49)44-29-26-40(35-51(44)57)59(37-16-7-5-8-17-37)39-28-32-54-48(34-39)46-22-15-23-47-53(31-33-55(61-54)56(46)47)60(38-18-9-6-10-19-38)41-27-30-45-43-21-12-14-25-50(43)58(3,4)52(45)36-41/h5-36H,1-4H3. The molecule has 0 amide bonds. The second-order valence-electron chi connectivity index (χ2n) is 17.7. The van der Waals surface area contributed by atoms with Crippen LogP contribution in [0.1, 0.15) is 49.9 Å². The molecule has 0 saturated heterocycles. The van der Waals surface area contributed by atoms with Crippen molar-refractivity contribution in [1.29, 1.82) is 0 Å². The smallest absolute Gasteiger partial charge is 0.136 e. The number of hydrogen-bond acceptors (Lipinski definition) is 3. The molecule has 0 unspecified atom stereocenters. The predicted molar refractivity (Wildman–Crippen MR) is 254 cm³/mol. The molecular formula is C58H44N2O. The highest BCUT2D eigenvalue weighted by atomic mass is 16.5. The second-order valence-corrected chi connectivity index (χ2v) is 17.7. The lowest BCUT2D eigenvalue weighted by Gasteiger charge is -2.31. The minimum absolute atomic E-state index is 0.111. The molecule has 0 fully saturated rings. The van der Waals surface area contributed by atoms with E-state index in [1.165, 1.54) is 44.5 Å². The lowest BCUT2D eigenvalue weighted by molar-refractivity contribution is 0.487. The summed E-state index contributed by atoms with van der Waals surface area (Å²) in [5.41, 5.74) is 19.4. The Morgan fingerprint density at radius 3 is 1.43 bits per heavy atom. The molecule has 3 heteroatoms. The van der Waals surface area contributed by atoms with Crippen molar-refractivity contribution in [2.45, 2.75) is 38.5 Å². The third kappa shape index (κ3) is 5.23. The highest BCUT2D eigenvalue weighted by molar-refractivity contribution is 6.11. The van der Waals surface area contributed by atoms with Crippen LogP contribution in [0.3, 0.4) is 0 Å². The Morgan fingerprint density at radius 1 is 0.328 bits per heavy atom. The largest absolute Gasteiger partial charge is 0.456 e. The third-order valence-corrected chi connectivity index (χ3v) is 13.6. The number of nitrogens with zero attached hydrogens (tertiary/aromatic N) is 2. The van der Waals surface area contributed by atoms with Crippen LogP contribution < -0.4 is 14.5 Å². The number of ether oxygens (including phenoxy) is 1. The Hall–Kier alpha value is -7.36. The predicted octanol–water partition coefficient (Wildman–Crippen LogP) is 16.2. The first-order valence-electron chi connectivity index (χ1n) is 21.3. The molecule has 0 bridgehead atoms. The van der Waals surface area contributed by atoms with Crippen molar-refractivity contribution in [1.82, 2.24) is 0 Å². The van der Waals surface area contributed by atoms with Gasteiger partial charge in [0.15, 0.2) is 0 Å². The third-order valence-electron chi connectivity index (χ3n) is 13.6. The van der Waals surface area contributed by atoms with Crippen LogP contribution in [-0.2, 0) is 10.8 Å². The molecule has 1 aliphatic heterocycles. The van der Waals surface area contributed by atoms with E-state index in [-0.39, 0.29) is 10.8 Å². The number of anilines is 6. The van der Waals surface area contributed by atoms with E-state index >= 15 is 0 Å². The topological polar surface area (TPSA) is 15.7 Å². The van der Waals surface area contributed by atoms with Crippen LogP contribution in [0.15, 0.2) is 194 Å². The van der Waals surface area contributed by atoms with Crippen LogP contribution in [-0.4, -0.2) is 0 Å². The molecule has 0 saturated carbocycles. The molecule has 3 nitrogen and oxygen atoms in total. The minimum Gasteiger partial charge on any atom is -0.456 e. The van der Waals surface area contributed by atoms with Crippen molar-refractivity contribution in [2.24, 2.45) is 0 Å². The summed E-state index contributed by atoms with van der Waals surface area (Å²) in [7, 11) is 0. The van der Waals surface area contributed by atoms with Gasteiger partial charge in [-0.05, 0) is 129 Å². The summed E-state index contributed by atoms with van der Waals surface area (Å²) in [6, 6.07) is 70.9. The molecule has 0 N–H and O–H groups in total. The van der Waals surface area contributed by atoms with Gasteiger partial charge < -0.3 is 14.5 Å². The van der Waals surface area contributed by atoms with Crippen molar-refractivity contribution in [3.8, 4) is 44.9 Å². The molecule has 292 valence electrons. The number of fused-ring (bicyclic) bond motifs is 8. The molecule has 0 spiro atoms. The maximum Gasteiger partial charge on any atom is 0.136 e. The van der Waals surface area contributed by atoms with E-state index in [2.05, 4.69) is 232 Å². The van der Waals surface area contributed by atoms with Gasteiger partial charge in [-0.2, -0.15) is 0 Å². The van der Waals surface area contributed by atoms with E-state index in [0.717, 1.165) is 67.5 Å². The molecule has 2 aliphatic carbocycles. The van der Waals surface area contributed by atoms with E-state index in [1.807, 2.05) is 0 Å². The zero-order valence-electron chi connectivity index (χ0n) is 34.8. The fourth-order valence-electron chi connectivity index (χ4n) is 10.6. The van der Waals surface area contributed by atoms with E-state index in [1.54, 1.807) is 0 Å². The van der Waals surface area contributed by atoms with Gasteiger partial charge in [0.2, 0.25) is 0 Å². The maximum absolute atomic E-state index is 6.85. The zero-order valence-corrected chi connectivity index (χ0v) is 34.8. The average Bonchev–Trinajstić information content (AvgIpc) is 3.67. The van der Waals surface area contributed by atoms with Crippen molar-refractivity contribution >= 4 is 44.9 Å². The summed E-state index contributed by atoms with van der Waals surface area (Å²) in [6.07, 6.45) is 0. The van der Waals surface area contributed by atoms with Gasteiger partial charge >= 0.3 is 0 Å². The van der Waals surface area contributed by atoms with Crippen molar-refractivity contribution in [2.75, 3.05) is 9.80 Å². The van der Waals surface area contributed by atoms with Crippen LogP contribution in [0.4, 0.5) is 34.1 Å². The summed E-state index contributed by atoms with van der Waals surface area (Å²) >= 11 is 0. The number of rotatable bonds is 6. The summed E-state index contributed by atoms with van der Waals surface area (Å²) in [4.78, 5) is 4.80. The minimum atomic E-state index is -0.117. The summed E-state index contributed by atoms with van der Waals surface area (Å²) < 4.78 is 6.85. The normalized spacial score (nSPS) is 14.3. The zero-order chi connectivity index (χ0) is 41.0. The van der Waals surface area contributed by atoms with Gasteiger partial charge in [-0.25, -0.2) is 0 Å². The molecule has 12 rings (SSSR count). The van der Waals surface area contributed by atoms with Crippen LogP contribution >= 0.6 is 0 Å². The monoisotopic (exact) mass is 784 g/mol. The van der Waals surface area contributed by atoms with Crippen LogP contribution in [0.2, 0.25) is 0 Å². The fraction of sp³-hybridized carbons (Fsp3) is 0.103. The molecule has 9 aromatic carbocycles. The van der Waals surface area contributed by atoms with Crippen molar-refractivity contribution < 1.29 is 4.74 Å². The molecule has 0 aromatic heterocycles. The Labute approximate surface area is 357 Å². The van der Waals surface area contributed by atoms with Gasteiger partial charge in [0, 0.05) is 55.6 Å². The van der Waals surface area contributed by atoms with E-state index in [9.17, 15) is 0 Å². The lowest BCUT2D eigenvalue weighted by Crippen LogP contribution is -2.17. The SMILES string of the molecule is CC1(C)c2ccccc2-c2ccc(N(c3ccccc3)c3ccc4c(c3)-c3cccc5c(N(c6ccccc6)c6ccc7c(c6)C(C)(C)c6ccccc6-7)ccc(c35)O4)cc21. The summed E-state index contributed by atoms with van der Waals surface area (Å²) in [5, 5.41) is 2.25. The van der Waals surface area contributed by atoms with Crippen LogP contribution in [0.25, 0.3) is 44.2 Å². The molecule has 1 heterocycles. The van der Waals surface area contributed by atoms with Crippen LogP contribution in [0.5, 0.6) is 11.5 Å². The van der Waals surface area contributed by atoms with Gasteiger partial charge in [0.1, 0.15) is 11.5 Å². The second kappa shape index (κ2) is 13.1. The lowest BCUT2D eigenvalue weighted by atomic mass is 9.82. The van der Waals surface area contributed by atoms with Gasteiger partial charge in [-0.1, -0.05) is 143 Å². The number of para-hydroxylation sites is 2. The van der Waals surface area contributed by atoms with Gasteiger partial charge in [-0.3, -0.25) is 0 Å². The fourth-order valence-corrected chi connectivity index (χ4v) is 10.6. The molecular weight excluding hydrogens is 741 g/mol. The number of benzene rings is 9. The molecule has 0 atom stereocenters. The maximum atomic E-state index is 6.85. The highest BCUT2D eigenvalue weighted by Gasteiger charge is 2.37. The Kier molecular flexibility index (Phi) is 7.62. The quantitative estimate of drug-likeness (QED) is 0.167. The first-order valence-corrected chi connectivity index (χ1v) is 21.3. The molecule has 9 aromatic rings. The van der Waals surface area contributed by atoms with E-state index in [0.29, 0.717) is 0 Å². The Morgan fingerprint density at radius 2 is 0.803 bits per heavy atom. The summed E-state index contributed by atoms with van der Waals surface area (Å²) in [6.45, 7) is 9.39. The summed E-state index contributed by atoms with van der Waals surface area (Å²) in [5.74, 6) is 1.73. The molecule has 61 heavy (non-hydrogen) atoms. The Balaban J connectivity index is 1.01. The average molecular weight is 785 g/mol. The number of hydrogen-bond donors (Lipinski definition) is 0. The Bertz CT molecular complexity index is 3240. The van der Waals surface area contributed by atoms with Crippen molar-refractivity contribution in [3.63, 3.8) is 0 Å². The van der Waals surface area contributed by atoms with Gasteiger partial charge in [-0.15, -0.1) is 0 Å². The molecule has 0 radical (unpaired) electrons. The molecule has 3 aliphatic rings. The highest BCUT2D eigenvalue weighted by Crippen LogP contribution is 2.55. The van der Waals surface area contributed by atoms with E-state index in [4.69, 9.17) is 4.74 Å².